The van der Waals surface area contributed by atoms with Gasteiger partial charge in [-0.3, -0.25) is 4.79 Å². The smallest absolute Gasteiger partial charge is 0.306 e. The van der Waals surface area contributed by atoms with E-state index in [0.29, 0.717) is 12.3 Å². The van der Waals surface area contributed by atoms with Crippen molar-refractivity contribution in [3.8, 4) is 5.75 Å². The largest absolute Gasteiger partial charge is 0.493 e. The molecule has 2 aliphatic carbocycles. The third kappa shape index (κ3) is 5.76. The molecule has 0 aliphatic heterocycles. The van der Waals surface area contributed by atoms with Crippen molar-refractivity contribution in [1.82, 2.24) is 0 Å². The van der Waals surface area contributed by atoms with Gasteiger partial charge in [0.15, 0.2) is 0 Å². The summed E-state index contributed by atoms with van der Waals surface area (Å²) in [7, 11) is 0. The summed E-state index contributed by atoms with van der Waals surface area (Å²) >= 11 is 0. The van der Waals surface area contributed by atoms with Crippen LogP contribution in [0.15, 0.2) is 24.3 Å². The zero-order chi connectivity index (χ0) is 17.5. The van der Waals surface area contributed by atoms with Gasteiger partial charge in [0, 0.05) is 12.3 Å². The molecule has 138 valence electrons. The van der Waals surface area contributed by atoms with Crippen LogP contribution in [0, 0.1) is 5.92 Å². The van der Waals surface area contributed by atoms with Gasteiger partial charge in [0.1, 0.15) is 11.9 Å². The predicted molar refractivity (Wildman–Crippen MR) is 99.9 cm³/mol. The van der Waals surface area contributed by atoms with E-state index in [0.717, 1.165) is 56.8 Å². The second-order valence-electron chi connectivity index (χ2n) is 7.70. The highest BCUT2D eigenvalue weighted by Gasteiger charge is 2.30. The van der Waals surface area contributed by atoms with Crippen LogP contribution in [0.25, 0.3) is 0 Å². The van der Waals surface area contributed by atoms with E-state index >= 15 is 0 Å². The molecular weight excluding hydrogens is 312 g/mol. The monoisotopic (exact) mass is 344 g/mol. The second kappa shape index (κ2) is 9.26. The highest BCUT2D eigenvalue weighted by atomic mass is 16.5. The summed E-state index contributed by atoms with van der Waals surface area (Å²) in [5, 5.41) is 0. The number of hydrogen-bond acceptors (Lipinski definition) is 3. The first-order valence-corrected chi connectivity index (χ1v) is 10.2. The molecule has 0 heterocycles. The number of carbonyl (C=O) groups excluding carboxylic acids is 1. The zero-order valence-corrected chi connectivity index (χ0v) is 15.5. The first-order valence-electron chi connectivity index (χ1n) is 10.2. The zero-order valence-electron chi connectivity index (χ0n) is 15.5. The molecule has 0 N–H and O–H groups in total. The van der Waals surface area contributed by atoms with Gasteiger partial charge in [-0.1, -0.05) is 38.3 Å². The molecule has 3 nitrogen and oxygen atoms in total. The van der Waals surface area contributed by atoms with Crippen molar-refractivity contribution >= 4 is 5.97 Å². The third-order valence-electron chi connectivity index (χ3n) is 5.44. The van der Waals surface area contributed by atoms with Crippen molar-refractivity contribution in [3.05, 3.63) is 29.8 Å². The topological polar surface area (TPSA) is 35.5 Å². The van der Waals surface area contributed by atoms with Crippen molar-refractivity contribution < 1.29 is 14.3 Å². The molecule has 0 bridgehead atoms. The Bertz CT molecular complexity index is 550. The summed E-state index contributed by atoms with van der Waals surface area (Å²) in [6.45, 7) is 2.99. The Kier molecular flexibility index (Phi) is 6.77. The maximum absolute atomic E-state index is 12.2. The Hall–Kier alpha value is -1.51. The fraction of sp³-hybridized carbons (Fsp3) is 0.682. The summed E-state index contributed by atoms with van der Waals surface area (Å²) in [5.74, 6) is 2.01. The molecule has 1 aromatic carbocycles. The number of rotatable bonds is 9. The standard InChI is InChI=1S/C22H32O3/c1-2-3-4-12-22(23)25-21-11-6-5-10-20(21)18-8-7-9-19(15-18)24-16-17-13-14-17/h7-9,15,17,20-21H,2-6,10-14,16H2,1H3/t20-,21+/m1/s1. The predicted octanol–water partition coefficient (Wildman–Crippen LogP) is 5.63. The molecule has 0 spiro atoms. The Morgan fingerprint density at radius 3 is 2.76 bits per heavy atom. The molecule has 2 fully saturated rings. The molecule has 1 aromatic rings. The molecule has 0 amide bonds. The minimum Gasteiger partial charge on any atom is -0.493 e. The van der Waals surface area contributed by atoms with Crippen molar-refractivity contribution in [2.45, 2.75) is 83.2 Å². The van der Waals surface area contributed by atoms with E-state index in [9.17, 15) is 4.79 Å². The van der Waals surface area contributed by atoms with Crippen LogP contribution in [-0.2, 0) is 9.53 Å². The first kappa shape index (κ1) is 18.3. The maximum atomic E-state index is 12.2. The van der Waals surface area contributed by atoms with E-state index in [1.165, 1.54) is 24.8 Å². The van der Waals surface area contributed by atoms with Crippen LogP contribution in [0.1, 0.15) is 82.6 Å². The number of ether oxygens (including phenoxy) is 2. The number of carbonyl (C=O) groups is 1. The summed E-state index contributed by atoms with van der Waals surface area (Å²) in [4.78, 5) is 12.2. The SMILES string of the molecule is CCCCCC(=O)O[C@H]1CCCC[C@@H]1c1cccc(OCC2CC2)c1. The van der Waals surface area contributed by atoms with Gasteiger partial charge in [-0.25, -0.2) is 0 Å². The van der Waals surface area contributed by atoms with E-state index in [1.807, 2.05) is 6.07 Å². The Morgan fingerprint density at radius 2 is 1.96 bits per heavy atom. The van der Waals surface area contributed by atoms with Crippen LogP contribution in [0.3, 0.4) is 0 Å². The molecule has 3 rings (SSSR count). The van der Waals surface area contributed by atoms with Crippen molar-refractivity contribution in [2.75, 3.05) is 6.61 Å². The lowest BCUT2D eigenvalue weighted by Gasteiger charge is -2.31. The average Bonchev–Trinajstić information content (AvgIpc) is 3.45. The molecular formula is C22H32O3. The lowest BCUT2D eigenvalue weighted by Crippen LogP contribution is -2.28. The number of hydrogen-bond donors (Lipinski definition) is 0. The Balaban J connectivity index is 1.59. The number of unbranched alkanes of at least 4 members (excludes halogenated alkanes) is 2. The molecule has 25 heavy (non-hydrogen) atoms. The van der Waals surface area contributed by atoms with Crippen LogP contribution in [0.4, 0.5) is 0 Å². The van der Waals surface area contributed by atoms with E-state index in [2.05, 4.69) is 25.1 Å². The van der Waals surface area contributed by atoms with Gasteiger partial charge in [0.25, 0.3) is 0 Å². The van der Waals surface area contributed by atoms with Gasteiger partial charge >= 0.3 is 5.97 Å². The molecule has 0 aromatic heterocycles. The Labute approximate surface area is 152 Å². The maximum Gasteiger partial charge on any atom is 0.306 e. The number of esters is 1. The van der Waals surface area contributed by atoms with Crippen molar-refractivity contribution in [2.24, 2.45) is 5.92 Å². The van der Waals surface area contributed by atoms with Gasteiger partial charge in [0.05, 0.1) is 6.61 Å². The van der Waals surface area contributed by atoms with E-state index < -0.39 is 0 Å². The average molecular weight is 344 g/mol. The van der Waals surface area contributed by atoms with Crippen LogP contribution < -0.4 is 4.74 Å². The van der Waals surface area contributed by atoms with Gasteiger partial charge in [-0.2, -0.15) is 0 Å². The fourth-order valence-electron chi connectivity index (χ4n) is 3.70. The summed E-state index contributed by atoms with van der Waals surface area (Å²) in [6.07, 6.45) is 10.8. The normalized spacial score (nSPS) is 23.2. The van der Waals surface area contributed by atoms with Gasteiger partial charge in [-0.15, -0.1) is 0 Å². The van der Waals surface area contributed by atoms with Crippen LogP contribution in [0.2, 0.25) is 0 Å². The second-order valence-corrected chi connectivity index (χ2v) is 7.70. The minimum absolute atomic E-state index is 0.0218. The van der Waals surface area contributed by atoms with Crippen LogP contribution >= 0.6 is 0 Å². The third-order valence-corrected chi connectivity index (χ3v) is 5.44. The molecule has 2 aliphatic rings. The van der Waals surface area contributed by atoms with Crippen molar-refractivity contribution in [3.63, 3.8) is 0 Å². The van der Waals surface area contributed by atoms with Crippen LogP contribution in [0.5, 0.6) is 5.75 Å². The molecule has 3 heteroatoms. The van der Waals surface area contributed by atoms with Gasteiger partial charge < -0.3 is 9.47 Å². The molecule has 2 saturated carbocycles. The summed E-state index contributed by atoms with van der Waals surface area (Å²) in [5.41, 5.74) is 1.26. The lowest BCUT2D eigenvalue weighted by molar-refractivity contribution is -0.151. The van der Waals surface area contributed by atoms with Crippen molar-refractivity contribution in [1.29, 1.82) is 0 Å². The minimum atomic E-state index is -0.0218. The van der Waals surface area contributed by atoms with E-state index in [1.54, 1.807) is 0 Å². The lowest BCUT2D eigenvalue weighted by atomic mass is 9.81. The first-order chi connectivity index (χ1) is 12.3. The quantitative estimate of drug-likeness (QED) is 0.430. The molecule has 0 radical (unpaired) electrons. The van der Waals surface area contributed by atoms with Gasteiger partial charge in [-0.05, 0) is 62.1 Å². The van der Waals surface area contributed by atoms with Gasteiger partial charge in [0.2, 0.25) is 0 Å². The molecule has 0 saturated heterocycles. The summed E-state index contributed by atoms with van der Waals surface area (Å²) < 4.78 is 11.8. The highest BCUT2D eigenvalue weighted by Crippen LogP contribution is 2.37. The highest BCUT2D eigenvalue weighted by molar-refractivity contribution is 5.69. The van der Waals surface area contributed by atoms with E-state index in [4.69, 9.17) is 9.47 Å². The fourth-order valence-corrected chi connectivity index (χ4v) is 3.70. The Morgan fingerprint density at radius 1 is 1.12 bits per heavy atom. The summed E-state index contributed by atoms with van der Waals surface area (Å²) in [6, 6.07) is 8.45. The molecule has 2 atom stereocenters. The number of benzene rings is 1. The van der Waals surface area contributed by atoms with Crippen LogP contribution in [-0.4, -0.2) is 18.7 Å². The van der Waals surface area contributed by atoms with E-state index in [-0.39, 0.29) is 12.1 Å². The molecule has 0 unspecified atom stereocenters.